The Morgan fingerprint density at radius 1 is 1.33 bits per heavy atom. The van der Waals surface area contributed by atoms with Crippen LogP contribution in [0.25, 0.3) is 0 Å². The topological polar surface area (TPSA) is 109 Å². The number of hydrogen-bond acceptors (Lipinski definition) is 6. The Hall–Kier alpha value is -2.49. The molecule has 4 rings (SSSR count). The average molecular weight is 477 g/mol. The van der Waals surface area contributed by atoms with E-state index in [4.69, 9.17) is 0 Å². The first kappa shape index (κ1) is 23.7. The van der Waals surface area contributed by atoms with Gasteiger partial charge in [0, 0.05) is 19.2 Å². The molecular formula is C23H29FN4O4S. The second-order valence-electron chi connectivity index (χ2n) is 9.82. The van der Waals surface area contributed by atoms with E-state index in [1.807, 2.05) is 0 Å². The normalized spacial score (nSPS) is 33.3. The van der Waals surface area contributed by atoms with Crippen LogP contribution in [0.1, 0.15) is 39.0 Å². The zero-order valence-corrected chi connectivity index (χ0v) is 19.5. The summed E-state index contributed by atoms with van der Waals surface area (Å²) in [6, 6.07) is 4.91. The minimum Gasteiger partial charge on any atom is -0.349 e. The highest BCUT2D eigenvalue weighted by Gasteiger charge is 2.57. The molecule has 2 amide bonds. The molecule has 1 saturated heterocycles. The number of carbonyl (C=O) groups excluding carboxylic acids is 3. The van der Waals surface area contributed by atoms with Gasteiger partial charge in [0.1, 0.15) is 21.7 Å². The number of nitrogens with zero attached hydrogens (tertiary/aromatic N) is 3. The van der Waals surface area contributed by atoms with Crippen molar-refractivity contribution in [1.29, 1.82) is 0 Å². The first-order valence-corrected chi connectivity index (χ1v) is 12.3. The van der Waals surface area contributed by atoms with Crippen molar-refractivity contribution in [2.24, 2.45) is 16.8 Å². The molecule has 3 fully saturated rings. The number of alkyl halides is 1. The monoisotopic (exact) mass is 476 g/mol. The van der Waals surface area contributed by atoms with Gasteiger partial charge in [-0.1, -0.05) is 6.07 Å². The van der Waals surface area contributed by atoms with Crippen molar-refractivity contribution in [1.82, 2.24) is 15.2 Å². The molecule has 8 nitrogen and oxygen atoms in total. The smallest absolute Gasteiger partial charge is 0.226 e. The van der Waals surface area contributed by atoms with Crippen molar-refractivity contribution in [3.05, 3.63) is 24.4 Å². The van der Waals surface area contributed by atoms with Crippen LogP contribution in [0.2, 0.25) is 0 Å². The van der Waals surface area contributed by atoms with Crippen molar-refractivity contribution < 1.29 is 23.0 Å². The summed E-state index contributed by atoms with van der Waals surface area (Å²) in [4.78, 5) is 48.6. The third-order valence-electron chi connectivity index (χ3n) is 7.07. The summed E-state index contributed by atoms with van der Waals surface area (Å²) in [5.41, 5.74) is -1.96. The quantitative estimate of drug-likeness (QED) is 0.451. The molecule has 5 atom stereocenters. The molecule has 33 heavy (non-hydrogen) atoms. The Morgan fingerprint density at radius 2 is 2.06 bits per heavy atom. The second kappa shape index (κ2) is 8.70. The summed E-state index contributed by atoms with van der Waals surface area (Å²) in [5, 5.41) is 3.22. The Balaban J connectivity index is 1.63. The fraction of sp³-hybridized carbons (Fsp3) is 0.609. The van der Waals surface area contributed by atoms with E-state index < -0.39 is 38.6 Å². The first-order chi connectivity index (χ1) is 15.6. The summed E-state index contributed by atoms with van der Waals surface area (Å²) < 4.78 is 26.5. The lowest BCUT2D eigenvalue weighted by atomic mass is 9.93. The Morgan fingerprint density at radius 3 is 2.61 bits per heavy atom. The van der Waals surface area contributed by atoms with E-state index in [-0.39, 0.29) is 49.2 Å². The van der Waals surface area contributed by atoms with Gasteiger partial charge in [-0.25, -0.2) is 9.37 Å². The number of hydrogen-bond donors (Lipinski definition) is 1. The fourth-order valence-electron chi connectivity index (χ4n) is 4.99. The maximum atomic E-state index is 14.4. The van der Waals surface area contributed by atoms with Crippen LogP contribution in [0.3, 0.4) is 0 Å². The number of rotatable bonds is 8. The number of carbonyl (C=O) groups is 3. The van der Waals surface area contributed by atoms with E-state index in [1.54, 1.807) is 18.2 Å². The van der Waals surface area contributed by atoms with Gasteiger partial charge in [0.2, 0.25) is 11.8 Å². The lowest BCUT2D eigenvalue weighted by molar-refractivity contribution is -0.140. The number of nitrogens with one attached hydrogen (secondary N) is 1. The second-order valence-corrected chi connectivity index (χ2v) is 11.6. The van der Waals surface area contributed by atoms with Gasteiger partial charge < -0.3 is 15.0 Å². The van der Waals surface area contributed by atoms with Crippen molar-refractivity contribution in [3.63, 3.8) is 0 Å². The molecule has 2 saturated carbocycles. The molecule has 178 valence electrons. The molecule has 1 aliphatic heterocycles. The van der Waals surface area contributed by atoms with Crippen LogP contribution in [0.5, 0.6) is 0 Å². The highest BCUT2D eigenvalue weighted by atomic mass is 32.2. The van der Waals surface area contributed by atoms with Crippen LogP contribution < -0.4 is 5.32 Å². The molecule has 0 bridgehead atoms. The largest absolute Gasteiger partial charge is 0.349 e. The van der Waals surface area contributed by atoms with Gasteiger partial charge >= 0.3 is 0 Å². The van der Waals surface area contributed by atoms with Gasteiger partial charge in [-0.05, 0) is 51.5 Å². The first-order valence-electron chi connectivity index (χ1n) is 11.2. The number of pyridine rings is 1. The van der Waals surface area contributed by atoms with E-state index in [2.05, 4.69) is 22.0 Å². The summed E-state index contributed by atoms with van der Waals surface area (Å²) in [6.45, 7) is 5.51. The molecule has 1 aromatic rings. The highest BCUT2D eigenvalue weighted by Crippen LogP contribution is 2.46. The van der Waals surface area contributed by atoms with Gasteiger partial charge in [0.05, 0.1) is 41.3 Å². The molecule has 0 spiro atoms. The number of amides is 2. The lowest BCUT2D eigenvalue weighted by Gasteiger charge is -2.26. The molecule has 2 heterocycles. The molecule has 3 aliphatic rings. The summed E-state index contributed by atoms with van der Waals surface area (Å²) in [7, 11) is -1.85. The van der Waals surface area contributed by atoms with Gasteiger partial charge in [-0.2, -0.15) is 0 Å². The Bertz CT molecular complexity index is 984. The Labute approximate surface area is 194 Å². The fourth-order valence-corrected chi connectivity index (χ4v) is 6.52. The maximum absolute atomic E-state index is 14.4. The molecule has 2 aliphatic carbocycles. The van der Waals surface area contributed by atoms with Gasteiger partial charge in [0.15, 0.2) is 0 Å². The van der Waals surface area contributed by atoms with E-state index in [0.29, 0.717) is 12.8 Å². The number of likely N-dealkylation sites (tertiary alicyclic amines) is 1. The van der Waals surface area contributed by atoms with Gasteiger partial charge in [0.25, 0.3) is 0 Å². The standard InChI is InChI=1S/C23H29FN4O4S/c1-21(24)8-10-28(14-21)20(31)17-12-23(15-29,33(32)18-5-3-4-9-26-18)11-16(17)19(30)27-22(6-7-22)13-25-2/h3-5,9,15-17H,2,6-8,10-14H2,1H3,(H,27,30)/t16-,17-,21?,23?,33?/m1/s1. The lowest BCUT2D eigenvalue weighted by Crippen LogP contribution is -2.46. The summed E-state index contributed by atoms with van der Waals surface area (Å²) in [6.07, 6.45) is 3.73. The van der Waals surface area contributed by atoms with E-state index >= 15 is 0 Å². The van der Waals surface area contributed by atoms with Crippen molar-refractivity contribution in [2.45, 2.75) is 60.0 Å². The van der Waals surface area contributed by atoms with Gasteiger partial charge in [-0.3, -0.25) is 18.8 Å². The van der Waals surface area contributed by atoms with Gasteiger partial charge in [-0.15, -0.1) is 0 Å². The van der Waals surface area contributed by atoms with Crippen LogP contribution >= 0.6 is 0 Å². The number of aldehydes is 1. The zero-order valence-electron chi connectivity index (χ0n) is 18.7. The van der Waals surface area contributed by atoms with Crippen LogP contribution in [0.15, 0.2) is 34.4 Å². The zero-order chi connectivity index (χ0) is 23.9. The van der Waals surface area contributed by atoms with Crippen molar-refractivity contribution in [3.8, 4) is 0 Å². The predicted molar refractivity (Wildman–Crippen MR) is 121 cm³/mol. The third-order valence-corrected chi connectivity index (χ3v) is 8.86. The van der Waals surface area contributed by atoms with E-state index in [0.717, 1.165) is 12.8 Å². The van der Waals surface area contributed by atoms with Crippen molar-refractivity contribution in [2.75, 3.05) is 19.6 Å². The average Bonchev–Trinajstić information content (AvgIpc) is 3.27. The predicted octanol–water partition coefficient (Wildman–Crippen LogP) is 1.46. The molecule has 0 radical (unpaired) electrons. The number of halogens is 1. The number of aliphatic imine (C=N–C) groups is 1. The van der Waals surface area contributed by atoms with Crippen LogP contribution in [0, 0.1) is 11.8 Å². The molecule has 10 heteroatoms. The van der Waals surface area contributed by atoms with Crippen LogP contribution in [0.4, 0.5) is 4.39 Å². The minimum atomic E-state index is -1.85. The summed E-state index contributed by atoms with van der Waals surface area (Å²) >= 11 is 0. The molecule has 1 aromatic heterocycles. The molecule has 1 N–H and O–H groups in total. The molecule has 0 aromatic carbocycles. The summed E-state index contributed by atoms with van der Waals surface area (Å²) in [5.74, 6) is -2.46. The molecule has 3 unspecified atom stereocenters. The Kier molecular flexibility index (Phi) is 6.24. The minimum absolute atomic E-state index is 0.0414. The highest BCUT2D eigenvalue weighted by molar-refractivity contribution is 7.87. The SMILES string of the molecule is C=NCC1(NC(=O)[C@@H]2CC(C=O)(S(=O)c3ccccn3)C[C@H]2C(=O)N2CCC(C)(F)C2)CC1. The van der Waals surface area contributed by atoms with Crippen LogP contribution in [-0.2, 0) is 25.2 Å². The van der Waals surface area contributed by atoms with Crippen molar-refractivity contribution >= 4 is 35.6 Å². The van der Waals surface area contributed by atoms with Crippen LogP contribution in [-0.4, -0.2) is 74.5 Å². The third kappa shape index (κ3) is 4.62. The van der Waals surface area contributed by atoms with E-state index in [9.17, 15) is 23.0 Å². The molecular weight excluding hydrogens is 447 g/mol. The number of aromatic nitrogens is 1. The maximum Gasteiger partial charge on any atom is 0.226 e. The van der Waals surface area contributed by atoms with E-state index in [1.165, 1.54) is 18.0 Å².